The number of halogens is 1. The highest BCUT2D eigenvalue weighted by atomic mass is 127. The Kier molecular flexibility index (Phi) is 5.61. The van der Waals surface area contributed by atoms with Crippen molar-refractivity contribution in [2.75, 3.05) is 5.32 Å². The van der Waals surface area contributed by atoms with Crippen LogP contribution in [0.3, 0.4) is 0 Å². The molecule has 0 unspecified atom stereocenters. The van der Waals surface area contributed by atoms with Crippen LogP contribution in [0.1, 0.15) is 15.9 Å². The van der Waals surface area contributed by atoms with Gasteiger partial charge in [-0.05, 0) is 71.6 Å². The van der Waals surface area contributed by atoms with Gasteiger partial charge in [0.05, 0.1) is 4.92 Å². The summed E-state index contributed by atoms with van der Waals surface area (Å²) in [4.78, 5) is 22.4. The molecule has 2 rings (SSSR count). The number of rotatable bonds is 3. The molecule has 118 valence electrons. The van der Waals surface area contributed by atoms with Crippen LogP contribution in [0.2, 0.25) is 0 Å². The van der Waals surface area contributed by atoms with Gasteiger partial charge < -0.3 is 5.32 Å². The Hall–Kier alpha value is -2.07. The molecule has 6 nitrogen and oxygen atoms in total. The number of non-ortho nitro benzene ring substituents is 1. The lowest BCUT2D eigenvalue weighted by molar-refractivity contribution is -0.384. The van der Waals surface area contributed by atoms with E-state index in [-0.39, 0.29) is 16.7 Å². The fourth-order valence-corrected chi connectivity index (χ4v) is 2.94. The largest absolute Gasteiger partial charge is 0.332 e. The van der Waals surface area contributed by atoms with E-state index in [1.807, 2.05) is 13.0 Å². The standard InChI is InChI=1S/C15H12IN3O3S/c1-9-5-10(7-11(16)6-9)14(20)18-15(23)17-12-3-2-4-13(8-12)19(21)22/h2-8H,1H3,(H2,17,18,20,23). The number of carbonyl (C=O) groups excluding carboxylic acids is 1. The van der Waals surface area contributed by atoms with Crippen LogP contribution in [0.4, 0.5) is 11.4 Å². The Morgan fingerprint density at radius 1 is 1.26 bits per heavy atom. The topological polar surface area (TPSA) is 84.3 Å². The predicted molar refractivity (Wildman–Crippen MR) is 101 cm³/mol. The maximum atomic E-state index is 12.2. The van der Waals surface area contributed by atoms with Crippen molar-refractivity contribution in [3.8, 4) is 0 Å². The van der Waals surface area contributed by atoms with Gasteiger partial charge in [-0.15, -0.1) is 0 Å². The molecule has 0 atom stereocenters. The van der Waals surface area contributed by atoms with Crippen molar-refractivity contribution in [2.45, 2.75) is 6.92 Å². The average Bonchev–Trinajstić information content (AvgIpc) is 2.46. The van der Waals surface area contributed by atoms with E-state index in [1.165, 1.54) is 18.2 Å². The van der Waals surface area contributed by atoms with Gasteiger partial charge in [-0.2, -0.15) is 0 Å². The molecule has 0 radical (unpaired) electrons. The second-order valence-corrected chi connectivity index (χ2v) is 6.39. The first-order chi connectivity index (χ1) is 10.8. The molecule has 8 heteroatoms. The lowest BCUT2D eigenvalue weighted by Gasteiger charge is -2.10. The number of anilines is 1. The summed E-state index contributed by atoms with van der Waals surface area (Å²) in [5.41, 5.74) is 1.85. The van der Waals surface area contributed by atoms with E-state index in [0.717, 1.165) is 9.13 Å². The first-order valence-corrected chi connectivity index (χ1v) is 7.98. The van der Waals surface area contributed by atoms with E-state index in [1.54, 1.807) is 18.2 Å². The molecule has 23 heavy (non-hydrogen) atoms. The lowest BCUT2D eigenvalue weighted by Crippen LogP contribution is -2.34. The zero-order valence-electron chi connectivity index (χ0n) is 12.0. The zero-order valence-corrected chi connectivity index (χ0v) is 15.0. The molecule has 0 bridgehead atoms. The van der Waals surface area contributed by atoms with Crippen molar-refractivity contribution in [2.24, 2.45) is 0 Å². The molecule has 2 N–H and O–H groups in total. The van der Waals surface area contributed by atoms with E-state index in [0.29, 0.717) is 11.3 Å². The zero-order chi connectivity index (χ0) is 17.0. The summed E-state index contributed by atoms with van der Waals surface area (Å²) >= 11 is 7.21. The minimum atomic E-state index is -0.499. The summed E-state index contributed by atoms with van der Waals surface area (Å²) in [5, 5.41) is 16.1. The van der Waals surface area contributed by atoms with Gasteiger partial charge in [0.1, 0.15) is 0 Å². The van der Waals surface area contributed by atoms with Crippen molar-refractivity contribution in [1.29, 1.82) is 0 Å². The summed E-state index contributed by atoms with van der Waals surface area (Å²) in [6.07, 6.45) is 0. The number of carbonyl (C=O) groups is 1. The Labute approximate surface area is 151 Å². The van der Waals surface area contributed by atoms with Crippen LogP contribution < -0.4 is 10.6 Å². The van der Waals surface area contributed by atoms with Crippen molar-refractivity contribution >= 4 is 57.2 Å². The fraction of sp³-hybridized carbons (Fsp3) is 0.0667. The summed E-state index contributed by atoms with van der Waals surface area (Å²) in [6.45, 7) is 1.90. The third-order valence-corrected chi connectivity index (χ3v) is 3.67. The molecule has 2 aromatic carbocycles. The molecule has 0 spiro atoms. The monoisotopic (exact) mass is 441 g/mol. The number of thiocarbonyl (C=S) groups is 1. The van der Waals surface area contributed by atoms with E-state index < -0.39 is 4.92 Å². The molecule has 0 aliphatic heterocycles. The number of nitrogens with zero attached hydrogens (tertiary/aromatic N) is 1. The molecular formula is C15H12IN3O3S. The summed E-state index contributed by atoms with van der Waals surface area (Å²) in [7, 11) is 0. The number of hydrogen-bond acceptors (Lipinski definition) is 4. The summed E-state index contributed by atoms with van der Waals surface area (Å²) in [5.74, 6) is -0.338. The third kappa shape index (κ3) is 4.96. The highest BCUT2D eigenvalue weighted by molar-refractivity contribution is 14.1. The number of nitro benzene ring substituents is 1. The molecule has 0 heterocycles. The molecule has 0 aromatic heterocycles. The van der Waals surface area contributed by atoms with Crippen LogP contribution in [0.15, 0.2) is 42.5 Å². The van der Waals surface area contributed by atoms with E-state index in [2.05, 4.69) is 33.2 Å². The molecule has 1 amide bonds. The van der Waals surface area contributed by atoms with Gasteiger partial charge in [-0.3, -0.25) is 20.2 Å². The van der Waals surface area contributed by atoms with Gasteiger partial charge in [0.25, 0.3) is 11.6 Å². The Bertz CT molecular complexity index is 775. The van der Waals surface area contributed by atoms with Crippen molar-refractivity contribution in [1.82, 2.24) is 5.32 Å². The van der Waals surface area contributed by atoms with E-state index in [9.17, 15) is 14.9 Å². The molecule has 0 aliphatic carbocycles. The van der Waals surface area contributed by atoms with Crippen molar-refractivity contribution in [3.05, 3.63) is 67.3 Å². The number of nitrogens with one attached hydrogen (secondary N) is 2. The van der Waals surface area contributed by atoms with Crippen LogP contribution in [0.25, 0.3) is 0 Å². The van der Waals surface area contributed by atoms with Crippen LogP contribution >= 0.6 is 34.8 Å². The van der Waals surface area contributed by atoms with Crippen molar-refractivity contribution in [3.63, 3.8) is 0 Å². The van der Waals surface area contributed by atoms with Gasteiger partial charge in [-0.1, -0.05) is 6.07 Å². The van der Waals surface area contributed by atoms with Gasteiger partial charge >= 0.3 is 0 Å². The maximum absolute atomic E-state index is 12.2. The molecule has 0 saturated heterocycles. The SMILES string of the molecule is Cc1cc(I)cc(C(=O)NC(=S)Nc2cccc([N+](=O)[O-])c2)c1. The molecule has 0 fully saturated rings. The van der Waals surface area contributed by atoms with Crippen LogP contribution in [0.5, 0.6) is 0 Å². The third-order valence-electron chi connectivity index (χ3n) is 2.85. The minimum Gasteiger partial charge on any atom is -0.332 e. The Morgan fingerprint density at radius 2 is 2.00 bits per heavy atom. The quantitative estimate of drug-likeness (QED) is 0.329. The number of hydrogen-bond donors (Lipinski definition) is 2. The maximum Gasteiger partial charge on any atom is 0.271 e. The van der Waals surface area contributed by atoms with Gasteiger partial charge in [0, 0.05) is 27.0 Å². The smallest absolute Gasteiger partial charge is 0.271 e. The lowest BCUT2D eigenvalue weighted by atomic mass is 10.1. The molecular weight excluding hydrogens is 429 g/mol. The average molecular weight is 441 g/mol. The summed E-state index contributed by atoms with van der Waals surface area (Å²) < 4.78 is 0.949. The van der Waals surface area contributed by atoms with Gasteiger partial charge in [-0.25, -0.2) is 0 Å². The second kappa shape index (κ2) is 7.47. The highest BCUT2D eigenvalue weighted by Gasteiger charge is 2.11. The number of benzene rings is 2. The number of amides is 1. The van der Waals surface area contributed by atoms with Gasteiger partial charge in [0.15, 0.2) is 5.11 Å². The molecule has 0 aliphatic rings. The Balaban J connectivity index is 2.05. The van der Waals surface area contributed by atoms with Crippen molar-refractivity contribution < 1.29 is 9.72 Å². The highest BCUT2D eigenvalue weighted by Crippen LogP contribution is 2.17. The first kappa shape index (κ1) is 17.3. The number of nitro groups is 1. The van der Waals surface area contributed by atoms with Crippen LogP contribution in [0, 0.1) is 20.6 Å². The fourth-order valence-electron chi connectivity index (χ4n) is 1.90. The second-order valence-electron chi connectivity index (χ2n) is 4.73. The normalized spacial score (nSPS) is 10.0. The molecule has 2 aromatic rings. The minimum absolute atomic E-state index is 0.0580. The van der Waals surface area contributed by atoms with Crippen LogP contribution in [-0.4, -0.2) is 15.9 Å². The van der Waals surface area contributed by atoms with Crippen LogP contribution in [-0.2, 0) is 0 Å². The Morgan fingerprint density at radius 3 is 2.65 bits per heavy atom. The first-order valence-electron chi connectivity index (χ1n) is 6.49. The van der Waals surface area contributed by atoms with E-state index >= 15 is 0 Å². The summed E-state index contributed by atoms with van der Waals surface area (Å²) in [6, 6.07) is 11.3. The predicted octanol–water partition coefficient (Wildman–Crippen LogP) is 3.63. The van der Waals surface area contributed by atoms with Gasteiger partial charge in [0.2, 0.25) is 0 Å². The molecule has 0 saturated carbocycles. The number of aryl methyl sites for hydroxylation is 1. The van der Waals surface area contributed by atoms with E-state index in [4.69, 9.17) is 12.2 Å².